The van der Waals surface area contributed by atoms with Gasteiger partial charge >= 0.3 is 0 Å². The molecule has 0 unspecified atom stereocenters. The Kier molecular flexibility index (Phi) is 11.3. The van der Waals surface area contributed by atoms with Crippen LogP contribution in [0.3, 0.4) is 0 Å². The summed E-state index contributed by atoms with van der Waals surface area (Å²) in [5.74, 6) is 0.996. The fraction of sp³-hybridized carbons (Fsp3) is 0.368. The molecule has 8 heteroatoms. The number of methoxy groups -OCH3 is 1. The lowest BCUT2D eigenvalue weighted by Crippen LogP contribution is -2.36. The minimum absolute atomic E-state index is 0. The van der Waals surface area contributed by atoms with Gasteiger partial charge in [-0.3, -0.25) is 0 Å². The van der Waals surface area contributed by atoms with Crippen LogP contribution >= 0.6 is 24.0 Å². The maximum absolute atomic E-state index is 13.0. The summed E-state index contributed by atoms with van der Waals surface area (Å²) in [5.41, 5.74) is 1.87. The molecule has 2 N–H and O–H groups in total. The van der Waals surface area contributed by atoms with E-state index in [0.717, 1.165) is 17.7 Å². The molecule has 1 aromatic heterocycles. The Morgan fingerprint density at radius 1 is 1.15 bits per heavy atom. The molecular formula is C19H26FIN4O2. The third-order valence-electron chi connectivity index (χ3n) is 3.50. The van der Waals surface area contributed by atoms with Crippen LogP contribution in [0.2, 0.25) is 0 Å². The molecule has 0 radical (unpaired) electrons. The highest BCUT2D eigenvalue weighted by Crippen LogP contribution is 2.13. The first-order valence-corrected chi connectivity index (χ1v) is 8.55. The van der Waals surface area contributed by atoms with E-state index in [1.54, 1.807) is 25.4 Å². The van der Waals surface area contributed by atoms with Crippen LogP contribution in [0.1, 0.15) is 18.1 Å². The molecule has 0 atom stereocenters. The van der Waals surface area contributed by atoms with Gasteiger partial charge in [-0.05, 0) is 30.7 Å². The van der Waals surface area contributed by atoms with Crippen molar-refractivity contribution in [3.05, 3.63) is 59.5 Å². The Balaban J connectivity index is 0.00000364. The number of nitrogens with zero attached hydrogens (tertiary/aromatic N) is 2. The van der Waals surface area contributed by atoms with E-state index in [1.807, 2.05) is 19.1 Å². The SMILES string of the molecule is CCNC(=NCc1ccc(F)cc1)NCc1cccnc1OCCOC.I. The second-order valence-corrected chi connectivity index (χ2v) is 5.48. The van der Waals surface area contributed by atoms with Gasteiger partial charge in [0, 0.05) is 32.0 Å². The third-order valence-corrected chi connectivity index (χ3v) is 3.50. The van der Waals surface area contributed by atoms with Gasteiger partial charge in [0.05, 0.1) is 13.2 Å². The molecule has 0 amide bonds. The maximum Gasteiger partial charge on any atom is 0.218 e. The van der Waals surface area contributed by atoms with Gasteiger partial charge in [0.25, 0.3) is 0 Å². The lowest BCUT2D eigenvalue weighted by atomic mass is 10.2. The number of guanidine groups is 1. The van der Waals surface area contributed by atoms with Crippen LogP contribution in [-0.2, 0) is 17.8 Å². The Labute approximate surface area is 176 Å². The zero-order chi connectivity index (χ0) is 18.6. The number of nitrogens with one attached hydrogen (secondary N) is 2. The number of benzene rings is 1. The molecule has 2 rings (SSSR count). The normalized spacial score (nSPS) is 10.9. The fourth-order valence-electron chi connectivity index (χ4n) is 2.19. The first-order valence-electron chi connectivity index (χ1n) is 8.55. The zero-order valence-corrected chi connectivity index (χ0v) is 17.9. The Hall–Kier alpha value is -1.94. The van der Waals surface area contributed by atoms with E-state index >= 15 is 0 Å². The van der Waals surface area contributed by atoms with E-state index in [9.17, 15) is 4.39 Å². The number of hydrogen-bond acceptors (Lipinski definition) is 4. The summed E-state index contributed by atoms with van der Waals surface area (Å²) in [7, 11) is 1.63. The van der Waals surface area contributed by atoms with Gasteiger partial charge in [0.1, 0.15) is 12.4 Å². The summed E-state index contributed by atoms with van der Waals surface area (Å²) in [6.45, 7) is 4.66. The molecule has 1 heterocycles. The molecule has 0 aliphatic rings. The van der Waals surface area contributed by atoms with Gasteiger partial charge in [-0.2, -0.15) is 0 Å². The van der Waals surface area contributed by atoms with Crippen molar-refractivity contribution in [2.75, 3.05) is 26.9 Å². The Bertz CT molecular complexity index is 698. The highest BCUT2D eigenvalue weighted by Gasteiger charge is 2.06. The Morgan fingerprint density at radius 2 is 1.93 bits per heavy atom. The summed E-state index contributed by atoms with van der Waals surface area (Å²) in [6, 6.07) is 10.1. The molecule has 1 aromatic carbocycles. The fourth-order valence-corrected chi connectivity index (χ4v) is 2.19. The van der Waals surface area contributed by atoms with Gasteiger partial charge in [-0.15, -0.1) is 24.0 Å². The highest BCUT2D eigenvalue weighted by atomic mass is 127. The standard InChI is InChI=1S/C19H25FN4O2.HI/c1-3-21-19(23-13-15-6-8-17(20)9-7-15)24-14-16-5-4-10-22-18(16)26-12-11-25-2;/h4-10H,3,11-14H2,1-2H3,(H2,21,23,24);1H. The van der Waals surface area contributed by atoms with Crippen molar-refractivity contribution in [1.29, 1.82) is 0 Å². The number of aromatic nitrogens is 1. The molecule has 2 aromatic rings. The van der Waals surface area contributed by atoms with E-state index in [4.69, 9.17) is 9.47 Å². The van der Waals surface area contributed by atoms with Crippen molar-refractivity contribution in [3.63, 3.8) is 0 Å². The molecule has 0 aliphatic heterocycles. The number of ether oxygens (including phenoxy) is 2. The second kappa shape index (κ2) is 13.3. The largest absolute Gasteiger partial charge is 0.475 e. The van der Waals surface area contributed by atoms with Crippen molar-refractivity contribution < 1.29 is 13.9 Å². The molecule has 0 spiro atoms. The van der Waals surface area contributed by atoms with E-state index in [-0.39, 0.29) is 29.8 Å². The molecule has 0 saturated heterocycles. The number of hydrogen-bond donors (Lipinski definition) is 2. The minimum atomic E-state index is -0.250. The van der Waals surface area contributed by atoms with Gasteiger partial charge < -0.3 is 20.1 Å². The average molecular weight is 488 g/mol. The molecule has 0 saturated carbocycles. The van der Waals surface area contributed by atoms with Crippen LogP contribution in [0, 0.1) is 5.82 Å². The van der Waals surface area contributed by atoms with Gasteiger partial charge in [0.2, 0.25) is 5.88 Å². The average Bonchev–Trinajstić information content (AvgIpc) is 2.66. The molecular weight excluding hydrogens is 462 g/mol. The van der Waals surface area contributed by atoms with E-state index in [1.165, 1.54) is 12.1 Å². The lowest BCUT2D eigenvalue weighted by Gasteiger charge is -2.14. The predicted octanol–water partition coefficient (Wildman–Crippen LogP) is 3.12. The predicted molar refractivity (Wildman–Crippen MR) is 115 cm³/mol. The quantitative estimate of drug-likeness (QED) is 0.246. The monoisotopic (exact) mass is 488 g/mol. The Morgan fingerprint density at radius 3 is 2.63 bits per heavy atom. The summed E-state index contributed by atoms with van der Waals surface area (Å²) >= 11 is 0. The lowest BCUT2D eigenvalue weighted by molar-refractivity contribution is 0.143. The smallest absolute Gasteiger partial charge is 0.218 e. The topological polar surface area (TPSA) is 67.8 Å². The summed E-state index contributed by atoms with van der Waals surface area (Å²) in [6.07, 6.45) is 1.69. The first-order chi connectivity index (χ1) is 12.7. The van der Waals surface area contributed by atoms with Crippen molar-refractivity contribution in [2.24, 2.45) is 4.99 Å². The van der Waals surface area contributed by atoms with E-state index in [2.05, 4.69) is 20.6 Å². The van der Waals surface area contributed by atoms with Crippen molar-refractivity contribution in [3.8, 4) is 5.88 Å². The van der Waals surface area contributed by atoms with Gasteiger partial charge in [0.15, 0.2) is 5.96 Å². The number of halogens is 2. The number of rotatable bonds is 9. The van der Waals surface area contributed by atoms with Crippen LogP contribution in [0.15, 0.2) is 47.6 Å². The molecule has 0 aliphatic carbocycles. The van der Waals surface area contributed by atoms with Crippen LogP contribution < -0.4 is 15.4 Å². The molecule has 0 bridgehead atoms. The number of aliphatic imine (C=N–C) groups is 1. The third kappa shape index (κ3) is 8.53. The van der Waals surface area contributed by atoms with Gasteiger partial charge in [-0.1, -0.05) is 18.2 Å². The summed E-state index contributed by atoms with van der Waals surface area (Å²) < 4.78 is 23.6. The molecule has 148 valence electrons. The molecule has 6 nitrogen and oxygen atoms in total. The van der Waals surface area contributed by atoms with Crippen LogP contribution in [0.4, 0.5) is 4.39 Å². The van der Waals surface area contributed by atoms with Crippen molar-refractivity contribution in [2.45, 2.75) is 20.0 Å². The second-order valence-electron chi connectivity index (χ2n) is 5.48. The van der Waals surface area contributed by atoms with Crippen molar-refractivity contribution >= 4 is 29.9 Å². The van der Waals surface area contributed by atoms with Crippen LogP contribution in [-0.4, -0.2) is 37.8 Å². The van der Waals surface area contributed by atoms with Crippen LogP contribution in [0.25, 0.3) is 0 Å². The maximum atomic E-state index is 13.0. The first kappa shape index (κ1) is 23.1. The van der Waals surface area contributed by atoms with Gasteiger partial charge in [-0.25, -0.2) is 14.4 Å². The van der Waals surface area contributed by atoms with E-state index in [0.29, 0.717) is 38.1 Å². The molecule has 0 fully saturated rings. The molecule has 27 heavy (non-hydrogen) atoms. The highest BCUT2D eigenvalue weighted by molar-refractivity contribution is 14.0. The summed E-state index contributed by atoms with van der Waals surface area (Å²) in [4.78, 5) is 8.79. The van der Waals surface area contributed by atoms with Crippen molar-refractivity contribution in [1.82, 2.24) is 15.6 Å². The summed E-state index contributed by atoms with van der Waals surface area (Å²) in [5, 5.41) is 6.45. The van der Waals surface area contributed by atoms with Crippen LogP contribution in [0.5, 0.6) is 5.88 Å². The minimum Gasteiger partial charge on any atom is -0.475 e. The number of pyridine rings is 1. The zero-order valence-electron chi connectivity index (χ0n) is 15.6. The van der Waals surface area contributed by atoms with E-state index < -0.39 is 0 Å².